The molecule has 0 saturated carbocycles. The van der Waals surface area contributed by atoms with E-state index >= 15 is 0 Å². The average molecular weight is 437 g/mol. The van der Waals surface area contributed by atoms with E-state index in [0.717, 1.165) is 10.6 Å². The van der Waals surface area contributed by atoms with Crippen LogP contribution in [0.3, 0.4) is 0 Å². The van der Waals surface area contributed by atoms with Crippen LogP contribution < -0.4 is 4.72 Å². The zero-order valence-electron chi connectivity index (χ0n) is 14.6. The predicted molar refractivity (Wildman–Crippen MR) is 98.2 cm³/mol. The highest BCUT2D eigenvalue weighted by molar-refractivity contribution is 7.89. The number of hydrogen-bond donors (Lipinski definition) is 1. The lowest BCUT2D eigenvalue weighted by Crippen LogP contribution is -2.32. The number of sulfonamides is 1. The summed E-state index contributed by atoms with van der Waals surface area (Å²) in [5, 5.41) is 7.12. The van der Waals surface area contributed by atoms with Crippen molar-refractivity contribution in [2.24, 2.45) is 5.16 Å². The van der Waals surface area contributed by atoms with Gasteiger partial charge in [0.1, 0.15) is 19.1 Å². The minimum atomic E-state index is -4.19. The molecule has 0 bridgehead atoms. The first-order chi connectivity index (χ1) is 12.6. The number of nitrogens with one attached hydrogen (secondary N) is 1. The van der Waals surface area contributed by atoms with Crippen LogP contribution >= 0.6 is 11.6 Å². The van der Waals surface area contributed by atoms with Gasteiger partial charge in [-0.05, 0) is 12.1 Å². The fraction of sp³-hybridized carbons (Fsp3) is 0.308. The molecule has 1 heterocycles. The molecule has 0 radical (unpaired) electrons. The standard InChI is InChI=1S/C13H17ClN6O5S2/c1-19(2)27(23,24)20-9-15-13(17-20)26(21,22)16-8-12(18-25-3)10-4-6-11(14)7-5-10/h4-7,9,16H,8H2,1-3H3/b18-12+. The molecule has 0 fully saturated rings. The van der Waals surface area contributed by atoms with E-state index in [9.17, 15) is 16.8 Å². The quantitative estimate of drug-likeness (QED) is 0.451. The number of rotatable bonds is 8. The van der Waals surface area contributed by atoms with Gasteiger partial charge in [0, 0.05) is 24.7 Å². The Morgan fingerprint density at radius 3 is 2.44 bits per heavy atom. The third-order valence-electron chi connectivity index (χ3n) is 3.20. The fourth-order valence-electron chi connectivity index (χ4n) is 1.80. The molecular formula is C13H17ClN6O5S2. The van der Waals surface area contributed by atoms with Crippen molar-refractivity contribution in [2.45, 2.75) is 5.16 Å². The molecule has 0 amide bonds. The lowest BCUT2D eigenvalue weighted by Gasteiger charge is -2.09. The van der Waals surface area contributed by atoms with Gasteiger partial charge in [-0.1, -0.05) is 28.9 Å². The van der Waals surface area contributed by atoms with Crippen molar-refractivity contribution in [1.29, 1.82) is 0 Å². The molecule has 0 saturated heterocycles. The van der Waals surface area contributed by atoms with Crippen molar-refractivity contribution in [3.8, 4) is 0 Å². The van der Waals surface area contributed by atoms with E-state index in [4.69, 9.17) is 16.4 Å². The van der Waals surface area contributed by atoms with Gasteiger partial charge in [0.2, 0.25) is 0 Å². The van der Waals surface area contributed by atoms with E-state index in [1.807, 2.05) is 0 Å². The molecule has 0 atom stereocenters. The number of benzene rings is 1. The normalized spacial score (nSPS) is 13.1. The largest absolute Gasteiger partial charge is 0.399 e. The summed E-state index contributed by atoms with van der Waals surface area (Å²) in [7, 11) is -4.29. The van der Waals surface area contributed by atoms with Crippen LogP contribution in [-0.4, -0.2) is 68.8 Å². The van der Waals surface area contributed by atoms with Crippen LogP contribution in [0, 0.1) is 0 Å². The third kappa shape index (κ3) is 5.01. The lowest BCUT2D eigenvalue weighted by molar-refractivity contribution is 0.213. The monoisotopic (exact) mass is 436 g/mol. The van der Waals surface area contributed by atoms with E-state index in [2.05, 4.69) is 20.0 Å². The number of nitrogens with zero attached hydrogens (tertiary/aromatic N) is 5. The molecule has 2 aromatic rings. The van der Waals surface area contributed by atoms with E-state index in [1.165, 1.54) is 21.2 Å². The SMILES string of the molecule is CO/N=C(\CNS(=O)(=O)c1ncn(S(=O)(=O)N(C)C)n1)c1ccc(Cl)cc1. The summed E-state index contributed by atoms with van der Waals surface area (Å²) in [6.07, 6.45) is 0.799. The summed E-state index contributed by atoms with van der Waals surface area (Å²) in [6, 6.07) is 6.52. The summed E-state index contributed by atoms with van der Waals surface area (Å²) in [6.45, 7) is -0.243. The maximum atomic E-state index is 12.4. The summed E-state index contributed by atoms with van der Waals surface area (Å²) in [4.78, 5) is 8.29. The molecule has 148 valence electrons. The van der Waals surface area contributed by atoms with Gasteiger partial charge < -0.3 is 4.84 Å². The van der Waals surface area contributed by atoms with Crippen molar-refractivity contribution in [1.82, 2.24) is 23.2 Å². The Kier molecular flexibility index (Phi) is 6.54. The predicted octanol–water partition coefficient (Wildman–Crippen LogP) is -0.0850. The molecule has 2 rings (SSSR count). The van der Waals surface area contributed by atoms with E-state index in [1.54, 1.807) is 24.3 Å². The second-order valence-electron chi connectivity index (χ2n) is 5.24. The Bertz CT molecular complexity index is 1030. The van der Waals surface area contributed by atoms with E-state index in [0.29, 0.717) is 14.7 Å². The molecule has 0 spiro atoms. The Balaban J connectivity index is 2.22. The zero-order chi connectivity index (χ0) is 20.2. The van der Waals surface area contributed by atoms with Crippen LogP contribution in [0.15, 0.2) is 40.9 Å². The van der Waals surface area contributed by atoms with Crippen molar-refractivity contribution in [3.63, 3.8) is 0 Å². The van der Waals surface area contributed by atoms with E-state index in [-0.39, 0.29) is 12.3 Å². The molecule has 14 heteroatoms. The summed E-state index contributed by atoms with van der Waals surface area (Å²) >= 11 is 5.83. The maximum Gasteiger partial charge on any atom is 0.323 e. The van der Waals surface area contributed by atoms with Crippen LogP contribution in [0.2, 0.25) is 5.02 Å². The Morgan fingerprint density at radius 2 is 1.89 bits per heavy atom. The fourth-order valence-corrected chi connectivity index (χ4v) is 3.50. The smallest absolute Gasteiger partial charge is 0.323 e. The number of aromatic nitrogens is 3. The minimum absolute atomic E-state index is 0.243. The van der Waals surface area contributed by atoms with Crippen molar-refractivity contribution >= 4 is 37.5 Å². The van der Waals surface area contributed by atoms with Crippen LogP contribution in [0.25, 0.3) is 0 Å². The number of halogens is 1. The van der Waals surface area contributed by atoms with Crippen molar-refractivity contribution in [2.75, 3.05) is 27.7 Å². The van der Waals surface area contributed by atoms with Gasteiger partial charge in [-0.15, -0.1) is 9.19 Å². The average Bonchev–Trinajstić information content (AvgIpc) is 3.11. The Morgan fingerprint density at radius 1 is 1.26 bits per heavy atom. The third-order valence-corrected chi connectivity index (χ3v) is 6.21. The molecule has 1 aromatic heterocycles. The summed E-state index contributed by atoms with van der Waals surface area (Å²) in [5.41, 5.74) is 0.857. The molecule has 0 aliphatic rings. The highest BCUT2D eigenvalue weighted by atomic mass is 35.5. The molecule has 27 heavy (non-hydrogen) atoms. The summed E-state index contributed by atoms with van der Waals surface area (Å²) in [5.74, 6) is 0. The first-order valence-corrected chi connectivity index (χ1v) is 10.5. The van der Waals surface area contributed by atoms with Crippen LogP contribution in [0.5, 0.6) is 0 Å². The van der Waals surface area contributed by atoms with Gasteiger partial charge >= 0.3 is 10.2 Å². The van der Waals surface area contributed by atoms with Gasteiger partial charge in [-0.2, -0.15) is 12.7 Å². The second kappa shape index (κ2) is 8.31. The van der Waals surface area contributed by atoms with Crippen LogP contribution in [0.1, 0.15) is 5.56 Å². The molecule has 0 unspecified atom stereocenters. The zero-order valence-corrected chi connectivity index (χ0v) is 17.0. The maximum absolute atomic E-state index is 12.4. The molecule has 0 aliphatic heterocycles. The number of hydrogen-bond acceptors (Lipinski definition) is 8. The van der Waals surface area contributed by atoms with Crippen LogP contribution in [-0.2, 0) is 25.1 Å². The highest BCUT2D eigenvalue weighted by Gasteiger charge is 2.25. The van der Waals surface area contributed by atoms with Crippen LogP contribution in [0.4, 0.5) is 0 Å². The van der Waals surface area contributed by atoms with Gasteiger partial charge in [-0.3, -0.25) is 0 Å². The molecule has 1 aromatic carbocycles. The molecule has 1 N–H and O–H groups in total. The van der Waals surface area contributed by atoms with Gasteiger partial charge in [0.05, 0.1) is 6.54 Å². The minimum Gasteiger partial charge on any atom is -0.399 e. The van der Waals surface area contributed by atoms with Crippen molar-refractivity contribution in [3.05, 3.63) is 41.2 Å². The molecule has 11 nitrogen and oxygen atoms in total. The lowest BCUT2D eigenvalue weighted by atomic mass is 10.1. The number of oxime groups is 1. The second-order valence-corrected chi connectivity index (χ2v) is 9.34. The first-order valence-electron chi connectivity index (χ1n) is 7.28. The topological polar surface area (TPSA) is 136 Å². The molecular weight excluding hydrogens is 420 g/mol. The summed E-state index contributed by atoms with van der Waals surface area (Å²) < 4.78 is 52.2. The van der Waals surface area contributed by atoms with E-state index < -0.39 is 25.4 Å². The Hall–Kier alpha value is -2.06. The highest BCUT2D eigenvalue weighted by Crippen LogP contribution is 2.11. The van der Waals surface area contributed by atoms with Gasteiger partial charge in [0.25, 0.3) is 15.2 Å². The Labute approximate surface area is 161 Å². The van der Waals surface area contributed by atoms with Gasteiger partial charge in [0.15, 0.2) is 0 Å². The van der Waals surface area contributed by atoms with Gasteiger partial charge in [-0.25, -0.2) is 18.1 Å². The first kappa shape index (κ1) is 21.2. The molecule has 0 aliphatic carbocycles. The van der Waals surface area contributed by atoms with Crippen molar-refractivity contribution < 1.29 is 21.7 Å².